The van der Waals surface area contributed by atoms with E-state index >= 15 is 0 Å². The lowest BCUT2D eigenvalue weighted by Gasteiger charge is -2.21. The molecule has 4 nitrogen and oxygen atoms in total. The fraction of sp³-hybridized carbons (Fsp3) is 0.692. The molecule has 1 aliphatic carbocycles. The van der Waals surface area contributed by atoms with Crippen molar-refractivity contribution in [2.45, 2.75) is 39.2 Å². The van der Waals surface area contributed by atoms with Crippen LogP contribution in [0.2, 0.25) is 0 Å². The van der Waals surface area contributed by atoms with Crippen LogP contribution in [0.5, 0.6) is 5.88 Å². The molecule has 2 rings (SSSR count). The first-order chi connectivity index (χ1) is 8.76. The highest BCUT2D eigenvalue weighted by Gasteiger charge is 2.27. The van der Waals surface area contributed by atoms with Gasteiger partial charge in [0.15, 0.2) is 0 Å². The standard InChI is InChI=1S/C13H20ClN3O/c1-3-18-13-9(2)12(15-8-16-13)17-11-6-4-5-10(11)7-14/h8,10-11H,3-7H2,1-2H3,(H,15,16,17). The monoisotopic (exact) mass is 269 g/mol. The molecule has 18 heavy (non-hydrogen) atoms. The Morgan fingerprint density at radius 3 is 3.00 bits per heavy atom. The van der Waals surface area contributed by atoms with Gasteiger partial charge in [-0.2, -0.15) is 0 Å². The second kappa shape index (κ2) is 6.23. The molecule has 1 saturated carbocycles. The molecule has 0 saturated heterocycles. The Labute approximate surface area is 113 Å². The average Bonchev–Trinajstić information content (AvgIpc) is 2.82. The molecule has 100 valence electrons. The molecule has 0 amide bonds. The first-order valence-corrected chi connectivity index (χ1v) is 7.06. The third-order valence-corrected chi connectivity index (χ3v) is 3.89. The summed E-state index contributed by atoms with van der Waals surface area (Å²) in [6.07, 6.45) is 5.14. The first kappa shape index (κ1) is 13.4. The van der Waals surface area contributed by atoms with Crippen molar-refractivity contribution in [3.63, 3.8) is 0 Å². The minimum Gasteiger partial charge on any atom is -0.478 e. The Kier molecular flexibility index (Phi) is 4.64. The van der Waals surface area contributed by atoms with E-state index in [0.717, 1.165) is 17.8 Å². The van der Waals surface area contributed by atoms with E-state index in [9.17, 15) is 0 Å². The highest BCUT2D eigenvalue weighted by atomic mass is 35.5. The summed E-state index contributed by atoms with van der Waals surface area (Å²) < 4.78 is 5.48. The molecule has 1 heterocycles. The third-order valence-electron chi connectivity index (χ3n) is 3.50. The van der Waals surface area contributed by atoms with E-state index in [1.165, 1.54) is 12.8 Å². The fourth-order valence-corrected chi connectivity index (χ4v) is 2.82. The zero-order valence-corrected chi connectivity index (χ0v) is 11.7. The van der Waals surface area contributed by atoms with Crippen molar-refractivity contribution >= 4 is 17.4 Å². The SMILES string of the molecule is CCOc1ncnc(NC2CCCC2CCl)c1C. The van der Waals surface area contributed by atoms with Crippen LogP contribution in [0.25, 0.3) is 0 Å². The maximum atomic E-state index is 5.99. The number of ether oxygens (including phenoxy) is 1. The summed E-state index contributed by atoms with van der Waals surface area (Å²) in [6, 6.07) is 0.422. The van der Waals surface area contributed by atoms with Crippen LogP contribution in [0.15, 0.2) is 6.33 Å². The third kappa shape index (κ3) is 2.86. The number of hydrogen-bond donors (Lipinski definition) is 1. The Bertz CT molecular complexity index is 400. The topological polar surface area (TPSA) is 47.0 Å². The predicted octanol–water partition coefficient (Wildman–Crippen LogP) is 3.00. The van der Waals surface area contributed by atoms with Crippen LogP contribution < -0.4 is 10.1 Å². The van der Waals surface area contributed by atoms with Gasteiger partial charge < -0.3 is 10.1 Å². The summed E-state index contributed by atoms with van der Waals surface area (Å²) in [6.45, 7) is 4.55. The van der Waals surface area contributed by atoms with Gasteiger partial charge in [0.2, 0.25) is 5.88 Å². The summed E-state index contributed by atoms with van der Waals surface area (Å²) >= 11 is 5.99. The van der Waals surface area contributed by atoms with Gasteiger partial charge >= 0.3 is 0 Å². The number of aromatic nitrogens is 2. The molecule has 0 aliphatic heterocycles. The van der Waals surface area contributed by atoms with Crippen molar-refractivity contribution in [2.24, 2.45) is 5.92 Å². The number of hydrogen-bond acceptors (Lipinski definition) is 4. The van der Waals surface area contributed by atoms with Crippen LogP contribution in [-0.4, -0.2) is 28.5 Å². The molecular weight excluding hydrogens is 250 g/mol. The molecule has 0 bridgehead atoms. The van der Waals surface area contributed by atoms with Crippen LogP contribution >= 0.6 is 11.6 Å². The van der Waals surface area contributed by atoms with E-state index in [2.05, 4.69) is 15.3 Å². The van der Waals surface area contributed by atoms with E-state index in [0.29, 0.717) is 30.3 Å². The molecule has 1 aromatic rings. The Morgan fingerprint density at radius 2 is 2.28 bits per heavy atom. The van der Waals surface area contributed by atoms with Gasteiger partial charge in [-0.3, -0.25) is 0 Å². The van der Waals surface area contributed by atoms with Crippen molar-refractivity contribution in [3.8, 4) is 5.88 Å². The van der Waals surface area contributed by atoms with Gasteiger partial charge in [-0.05, 0) is 32.6 Å². The molecule has 5 heteroatoms. The summed E-state index contributed by atoms with van der Waals surface area (Å²) in [7, 11) is 0. The number of nitrogens with zero attached hydrogens (tertiary/aromatic N) is 2. The van der Waals surface area contributed by atoms with Gasteiger partial charge in [0, 0.05) is 11.9 Å². The van der Waals surface area contributed by atoms with Crippen LogP contribution in [0, 0.1) is 12.8 Å². The molecule has 1 aliphatic rings. The quantitative estimate of drug-likeness (QED) is 0.835. The van der Waals surface area contributed by atoms with Gasteiger partial charge in [-0.25, -0.2) is 9.97 Å². The molecule has 1 aromatic heterocycles. The smallest absolute Gasteiger partial charge is 0.221 e. The Hall–Kier alpha value is -1.03. The van der Waals surface area contributed by atoms with Gasteiger partial charge in [0.05, 0.1) is 12.2 Å². The summed E-state index contributed by atoms with van der Waals surface area (Å²) in [5, 5.41) is 3.49. The fourth-order valence-electron chi connectivity index (χ4n) is 2.45. The summed E-state index contributed by atoms with van der Waals surface area (Å²) in [5.41, 5.74) is 0.972. The predicted molar refractivity (Wildman–Crippen MR) is 73.4 cm³/mol. The number of nitrogens with one attached hydrogen (secondary N) is 1. The zero-order chi connectivity index (χ0) is 13.0. The molecule has 1 N–H and O–H groups in total. The van der Waals surface area contributed by atoms with Crippen LogP contribution in [-0.2, 0) is 0 Å². The minimum absolute atomic E-state index is 0.422. The normalized spacial score (nSPS) is 23.1. The minimum atomic E-state index is 0.422. The van der Waals surface area contributed by atoms with Crippen molar-refractivity contribution in [3.05, 3.63) is 11.9 Å². The number of halogens is 1. The molecular formula is C13H20ClN3O. The van der Waals surface area contributed by atoms with E-state index in [-0.39, 0.29) is 0 Å². The Morgan fingerprint density at radius 1 is 1.44 bits per heavy atom. The van der Waals surface area contributed by atoms with Gasteiger partial charge in [-0.15, -0.1) is 11.6 Å². The van der Waals surface area contributed by atoms with E-state index in [1.54, 1.807) is 6.33 Å². The van der Waals surface area contributed by atoms with Crippen LogP contribution in [0.1, 0.15) is 31.7 Å². The first-order valence-electron chi connectivity index (χ1n) is 6.53. The lowest BCUT2D eigenvalue weighted by Crippen LogP contribution is -2.26. The second-order valence-electron chi connectivity index (χ2n) is 4.68. The van der Waals surface area contributed by atoms with Crippen molar-refractivity contribution in [1.29, 1.82) is 0 Å². The summed E-state index contributed by atoms with van der Waals surface area (Å²) in [4.78, 5) is 8.45. The van der Waals surface area contributed by atoms with E-state index in [1.807, 2.05) is 13.8 Å². The molecule has 2 atom stereocenters. The number of rotatable bonds is 5. The molecule has 1 fully saturated rings. The van der Waals surface area contributed by atoms with Crippen molar-refractivity contribution in [2.75, 3.05) is 17.8 Å². The highest BCUT2D eigenvalue weighted by Crippen LogP contribution is 2.30. The van der Waals surface area contributed by atoms with E-state index in [4.69, 9.17) is 16.3 Å². The highest BCUT2D eigenvalue weighted by molar-refractivity contribution is 6.18. The summed E-state index contributed by atoms with van der Waals surface area (Å²) in [5.74, 6) is 2.78. The maximum Gasteiger partial charge on any atom is 0.221 e. The van der Waals surface area contributed by atoms with Gasteiger partial charge in [-0.1, -0.05) is 6.42 Å². The number of anilines is 1. The second-order valence-corrected chi connectivity index (χ2v) is 4.99. The largest absolute Gasteiger partial charge is 0.478 e. The van der Waals surface area contributed by atoms with Gasteiger partial charge in [0.25, 0.3) is 0 Å². The average molecular weight is 270 g/mol. The molecule has 0 radical (unpaired) electrons. The molecule has 0 aromatic carbocycles. The van der Waals surface area contributed by atoms with Crippen molar-refractivity contribution < 1.29 is 4.74 Å². The van der Waals surface area contributed by atoms with Crippen molar-refractivity contribution in [1.82, 2.24) is 9.97 Å². The maximum absolute atomic E-state index is 5.99. The van der Waals surface area contributed by atoms with Crippen LogP contribution in [0.3, 0.4) is 0 Å². The zero-order valence-electron chi connectivity index (χ0n) is 10.9. The van der Waals surface area contributed by atoms with Crippen LogP contribution in [0.4, 0.5) is 5.82 Å². The van der Waals surface area contributed by atoms with Gasteiger partial charge in [0.1, 0.15) is 12.1 Å². The van der Waals surface area contributed by atoms with E-state index < -0.39 is 0 Å². The Balaban J connectivity index is 2.11. The number of alkyl halides is 1. The lowest BCUT2D eigenvalue weighted by molar-refractivity contribution is 0.323. The molecule has 0 spiro atoms. The molecule has 2 unspecified atom stereocenters. The lowest BCUT2D eigenvalue weighted by atomic mass is 10.1.